The van der Waals surface area contributed by atoms with Crippen LogP contribution in [0.2, 0.25) is 0 Å². The van der Waals surface area contributed by atoms with Gasteiger partial charge in [-0.3, -0.25) is 9.69 Å². The topological polar surface area (TPSA) is 105 Å². The summed E-state index contributed by atoms with van der Waals surface area (Å²) in [5, 5.41) is 26.8. The average molecular weight is 289 g/mol. The number of urea groups is 1. The molecule has 0 bridgehead atoms. The van der Waals surface area contributed by atoms with Gasteiger partial charge in [0.25, 0.3) is 0 Å². The summed E-state index contributed by atoms with van der Waals surface area (Å²) in [4.78, 5) is 27.9. The van der Waals surface area contributed by atoms with Crippen molar-refractivity contribution in [1.82, 2.24) is 14.7 Å². The van der Waals surface area contributed by atoms with Crippen molar-refractivity contribution >= 4 is 12.0 Å². The van der Waals surface area contributed by atoms with Gasteiger partial charge in [-0.2, -0.15) is 0 Å². The van der Waals surface area contributed by atoms with E-state index in [0.717, 1.165) is 0 Å². The number of carboxylic acids is 1. The second-order valence-electron chi connectivity index (χ2n) is 4.75. The SMILES string of the molecule is CC(C(=O)O)N1CCN(C(=O)N(CCO)CCO)CC1. The Bertz CT molecular complexity index is 325. The van der Waals surface area contributed by atoms with Gasteiger partial charge in [0, 0.05) is 39.3 Å². The molecule has 20 heavy (non-hydrogen) atoms. The maximum atomic E-state index is 12.2. The highest BCUT2D eigenvalue weighted by molar-refractivity contribution is 5.75. The van der Waals surface area contributed by atoms with Gasteiger partial charge in [-0.25, -0.2) is 4.79 Å². The zero-order valence-electron chi connectivity index (χ0n) is 11.7. The number of amides is 2. The molecule has 1 heterocycles. The standard InChI is InChI=1S/C12H23N3O5/c1-10(11(18)19)13-2-4-14(5-3-13)12(20)15(6-8-16)7-9-17/h10,16-17H,2-9H2,1H3,(H,18,19). The van der Waals surface area contributed by atoms with Crippen LogP contribution in [0, 0.1) is 0 Å². The summed E-state index contributed by atoms with van der Waals surface area (Å²) >= 11 is 0. The van der Waals surface area contributed by atoms with E-state index in [4.69, 9.17) is 15.3 Å². The van der Waals surface area contributed by atoms with Crippen molar-refractivity contribution in [2.45, 2.75) is 13.0 Å². The number of carbonyl (C=O) groups excluding carboxylic acids is 1. The number of carbonyl (C=O) groups is 2. The molecule has 0 aromatic rings. The van der Waals surface area contributed by atoms with Crippen LogP contribution >= 0.6 is 0 Å². The number of nitrogens with zero attached hydrogens (tertiary/aromatic N) is 3. The zero-order valence-corrected chi connectivity index (χ0v) is 11.7. The predicted octanol–water partition coefficient (Wildman–Crippen LogP) is -1.52. The minimum absolute atomic E-state index is 0.151. The molecular formula is C12H23N3O5. The highest BCUT2D eigenvalue weighted by Crippen LogP contribution is 2.09. The van der Waals surface area contributed by atoms with E-state index >= 15 is 0 Å². The summed E-state index contributed by atoms with van der Waals surface area (Å²) in [5.74, 6) is -0.869. The van der Waals surface area contributed by atoms with E-state index in [1.807, 2.05) is 4.90 Å². The van der Waals surface area contributed by atoms with E-state index in [2.05, 4.69) is 0 Å². The number of piperazine rings is 1. The normalized spacial score (nSPS) is 17.9. The van der Waals surface area contributed by atoms with Crippen molar-refractivity contribution in [1.29, 1.82) is 0 Å². The van der Waals surface area contributed by atoms with Gasteiger partial charge in [0.1, 0.15) is 6.04 Å². The predicted molar refractivity (Wildman–Crippen MR) is 71.4 cm³/mol. The summed E-state index contributed by atoms with van der Waals surface area (Å²) in [6.07, 6.45) is 0. The highest BCUT2D eigenvalue weighted by Gasteiger charge is 2.28. The number of aliphatic hydroxyl groups excluding tert-OH is 2. The molecule has 8 heteroatoms. The average Bonchev–Trinajstić information content (AvgIpc) is 2.45. The summed E-state index contributed by atoms with van der Waals surface area (Å²) in [6, 6.07) is -0.783. The summed E-state index contributed by atoms with van der Waals surface area (Å²) in [7, 11) is 0. The third kappa shape index (κ3) is 4.32. The van der Waals surface area contributed by atoms with E-state index in [1.165, 1.54) is 4.90 Å². The van der Waals surface area contributed by atoms with E-state index in [1.54, 1.807) is 11.8 Å². The minimum Gasteiger partial charge on any atom is -0.480 e. The molecule has 1 unspecified atom stereocenters. The Morgan fingerprint density at radius 1 is 1.10 bits per heavy atom. The van der Waals surface area contributed by atoms with Gasteiger partial charge in [-0.15, -0.1) is 0 Å². The van der Waals surface area contributed by atoms with Crippen molar-refractivity contribution < 1.29 is 24.9 Å². The Morgan fingerprint density at radius 2 is 1.60 bits per heavy atom. The van der Waals surface area contributed by atoms with Crippen molar-refractivity contribution in [3.63, 3.8) is 0 Å². The molecule has 8 nitrogen and oxygen atoms in total. The largest absolute Gasteiger partial charge is 0.480 e. The Kier molecular flexibility index (Phi) is 6.69. The van der Waals surface area contributed by atoms with E-state index < -0.39 is 12.0 Å². The fraction of sp³-hybridized carbons (Fsp3) is 0.833. The van der Waals surface area contributed by atoms with Gasteiger partial charge in [-0.1, -0.05) is 0 Å². The second kappa shape index (κ2) is 8.03. The molecule has 116 valence electrons. The van der Waals surface area contributed by atoms with Crippen LogP contribution in [-0.4, -0.2) is 101 Å². The Labute approximate surface area is 118 Å². The summed E-state index contributed by atoms with van der Waals surface area (Å²) in [6.45, 7) is 3.60. The lowest BCUT2D eigenvalue weighted by atomic mass is 10.2. The molecule has 0 aliphatic carbocycles. The first-order valence-corrected chi connectivity index (χ1v) is 6.73. The van der Waals surface area contributed by atoms with Crippen LogP contribution in [0.4, 0.5) is 4.79 Å². The minimum atomic E-state index is -0.869. The van der Waals surface area contributed by atoms with E-state index in [0.29, 0.717) is 26.2 Å². The van der Waals surface area contributed by atoms with Crippen molar-refractivity contribution in [2.75, 3.05) is 52.5 Å². The molecule has 1 fully saturated rings. The maximum Gasteiger partial charge on any atom is 0.320 e. The monoisotopic (exact) mass is 289 g/mol. The van der Waals surface area contributed by atoms with Crippen LogP contribution in [0.15, 0.2) is 0 Å². The third-order valence-electron chi connectivity index (χ3n) is 3.50. The molecule has 0 aromatic carbocycles. The fourth-order valence-corrected chi connectivity index (χ4v) is 2.20. The van der Waals surface area contributed by atoms with Gasteiger partial charge < -0.3 is 25.1 Å². The first-order valence-electron chi connectivity index (χ1n) is 6.73. The number of aliphatic carboxylic acids is 1. The molecule has 0 radical (unpaired) electrons. The second-order valence-corrected chi connectivity index (χ2v) is 4.75. The fourth-order valence-electron chi connectivity index (χ4n) is 2.20. The summed E-state index contributed by atoms with van der Waals surface area (Å²) in [5.41, 5.74) is 0. The lowest BCUT2D eigenvalue weighted by Crippen LogP contribution is -2.56. The molecule has 1 aliphatic heterocycles. The van der Waals surface area contributed by atoms with Crippen molar-refractivity contribution in [3.8, 4) is 0 Å². The lowest BCUT2D eigenvalue weighted by Gasteiger charge is -2.38. The number of rotatable bonds is 6. The first-order chi connectivity index (χ1) is 9.51. The van der Waals surface area contributed by atoms with Crippen molar-refractivity contribution in [3.05, 3.63) is 0 Å². The Balaban J connectivity index is 2.51. The van der Waals surface area contributed by atoms with Crippen LogP contribution in [-0.2, 0) is 4.79 Å². The van der Waals surface area contributed by atoms with Crippen LogP contribution in [0.25, 0.3) is 0 Å². The van der Waals surface area contributed by atoms with Gasteiger partial charge in [0.05, 0.1) is 13.2 Å². The molecule has 0 saturated carbocycles. The van der Waals surface area contributed by atoms with E-state index in [-0.39, 0.29) is 32.3 Å². The molecule has 1 saturated heterocycles. The lowest BCUT2D eigenvalue weighted by molar-refractivity contribution is -0.143. The Hall–Kier alpha value is -1.38. The number of aliphatic hydroxyl groups is 2. The highest BCUT2D eigenvalue weighted by atomic mass is 16.4. The van der Waals surface area contributed by atoms with Crippen molar-refractivity contribution in [2.24, 2.45) is 0 Å². The Morgan fingerprint density at radius 3 is 2.00 bits per heavy atom. The molecule has 0 spiro atoms. The quantitative estimate of drug-likeness (QED) is 0.549. The molecule has 1 atom stereocenters. The summed E-state index contributed by atoms with van der Waals surface area (Å²) < 4.78 is 0. The van der Waals surface area contributed by atoms with Gasteiger partial charge in [0.2, 0.25) is 0 Å². The zero-order chi connectivity index (χ0) is 15.1. The first kappa shape index (κ1) is 16.7. The third-order valence-corrected chi connectivity index (χ3v) is 3.50. The van der Waals surface area contributed by atoms with Gasteiger partial charge in [0.15, 0.2) is 0 Å². The number of hydrogen-bond donors (Lipinski definition) is 3. The number of carboxylic acid groups (broad SMARTS) is 1. The number of hydrogen-bond acceptors (Lipinski definition) is 5. The molecule has 1 aliphatic rings. The smallest absolute Gasteiger partial charge is 0.320 e. The molecule has 0 aromatic heterocycles. The van der Waals surface area contributed by atoms with Gasteiger partial charge in [-0.05, 0) is 6.92 Å². The molecular weight excluding hydrogens is 266 g/mol. The van der Waals surface area contributed by atoms with Crippen LogP contribution in [0.5, 0.6) is 0 Å². The van der Waals surface area contributed by atoms with Crippen LogP contribution in [0.1, 0.15) is 6.92 Å². The van der Waals surface area contributed by atoms with Gasteiger partial charge >= 0.3 is 12.0 Å². The van der Waals surface area contributed by atoms with Crippen LogP contribution in [0.3, 0.4) is 0 Å². The molecule has 1 rings (SSSR count). The van der Waals surface area contributed by atoms with E-state index in [9.17, 15) is 9.59 Å². The van der Waals surface area contributed by atoms with Crippen LogP contribution < -0.4 is 0 Å². The molecule has 3 N–H and O–H groups in total. The maximum absolute atomic E-state index is 12.2. The molecule has 2 amide bonds.